The summed E-state index contributed by atoms with van der Waals surface area (Å²) < 4.78 is 0. The van der Waals surface area contributed by atoms with Crippen LogP contribution in [0.1, 0.15) is 10.4 Å². The molecule has 66 valence electrons. The summed E-state index contributed by atoms with van der Waals surface area (Å²) in [6.45, 7) is 0. The van der Waals surface area contributed by atoms with E-state index in [1.165, 1.54) is 0 Å². The molecule has 3 heteroatoms. The second-order valence-corrected chi connectivity index (χ2v) is 2.83. The molecular formula is C11H9KO2. The van der Waals surface area contributed by atoms with Crippen molar-refractivity contribution in [1.82, 2.24) is 0 Å². The van der Waals surface area contributed by atoms with Crippen molar-refractivity contribution >= 4 is 68.1 Å². The topological polar surface area (TPSA) is 37.3 Å². The number of carboxylic acids is 1. The molecule has 0 atom stereocenters. The fourth-order valence-corrected chi connectivity index (χ4v) is 1.41. The molecule has 2 aromatic carbocycles. The number of fused-ring (bicyclic) bond motifs is 1. The van der Waals surface area contributed by atoms with E-state index in [1.807, 2.05) is 30.3 Å². The van der Waals surface area contributed by atoms with Gasteiger partial charge in [0.25, 0.3) is 0 Å². The average molecular weight is 212 g/mol. The maximum absolute atomic E-state index is 10.8. The van der Waals surface area contributed by atoms with E-state index in [0.29, 0.717) is 5.56 Å². The summed E-state index contributed by atoms with van der Waals surface area (Å²) in [4.78, 5) is 10.8. The second kappa shape index (κ2) is 5.05. The Morgan fingerprint density at radius 1 is 1.00 bits per heavy atom. The molecule has 1 N–H and O–H groups in total. The van der Waals surface area contributed by atoms with E-state index in [-0.39, 0.29) is 51.4 Å². The van der Waals surface area contributed by atoms with E-state index < -0.39 is 5.97 Å². The van der Waals surface area contributed by atoms with E-state index in [4.69, 9.17) is 5.11 Å². The predicted molar refractivity (Wildman–Crippen MR) is 58.1 cm³/mol. The Balaban J connectivity index is 0.000000980. The van der Waals surface area contributed by atoms with Crippen LogP contribution in [0.15, 0.2) is 42.5 Å². The van der Waals surface area contributed by atoms with Crippen molar-refractivity contribution in [2.45, 2.75) is 0 Å². The van der Waals surface area contributed by atoms with Gasteiger partial charge in [-0.05, 0) is 16.8 Å². The van der Waals surface area contributed by atoms with Crippen LogP contribution in [0.5, 0.6) is 0 Å². The number of rotatable bonds is 1. The third kappa shape index (κ3) is 2.24. The maximum atomic E-state index is 10.8. The predicted octanol–water partition coefficient (Wildman–Crippen LogP) is 1.89. The zero-order valence-corrected chi connectivity index (χ0v) is 6.90. The number of benzene rings is 2. The van der Waals surface area contributed by atoms with Crippen molar-refractivity contribution in [3.8, 4) is 0 Å². The van der Waals surface area contributed by atoms with Crippen LogP contribution in [-0.2, 0) is 0 Å². The SMILES string of the molecule is O=C(O)c1cccc2ccccc12.[KH]. The molecule has 0 heterocycles. The van der Waals surface area contributed by atoms with Gasteiger partial charge in [-0.1, -0.05) is 36.4 Å². The molecule has 2 nitrogen and oxygen atoms in total. The Kier molecular flexibility index (Phi) is 4.28. The van der Waals surface area contributed by atoms with Gasteiger partial charge in [0.15, 0.2) is 0 Å². The van der Waals surface area contributed by atoms with Gasteiger partial charge in [-0.3, -0.25) is 0 Å². The van der Waals surface area contributed by atoms with E-state index >= 15 is 0 Å². The van der Waals surface area contributed by atoms with Crippen molar-refractivity contribution in [3.63, 3.8) is 0 Å². The summed E-state index contributed by atoms with van der Waals surface area (Å²) in [5.74, 6) is -0.878. The number of hydrogen-bond donors (Lipinski definition) is 1. The van der Waals surface area contributed by atoms with Crippen LogP contribution in [0.2, 0.25) is 0 Å². The second-order valence-electron chi connectivity index (χ2n) is 2.83. The number of carboxylic acid groups (broad SMARTS) is 1. The average Bonchev–Trinajstić information content (AvgIpc) is 2.17. The fourth-order valence-electron chi connectivity index (χ4n) is 1.41. The third-order valence-electron chi connectivity index (χ3n) is 2.02. The van der Waals surface area contributed by atoms with Gasteiger partial charge in [0.05, 0.1) is 5.56 Å². The Bertz CT molecular complexity index is 460. The first-order valence-corrected chi connectivity index (χ1v) is 4.00. The molecule has 0 aliphatic carbocycles. The minimum absolute atomic E-state index is 0. The Morgan fingerprint density at radius 2 is 1.64 bits per heavy atom. The van der Waals surface area contributed by atoms with Crippen molar-refractivity contribution in [1.29, 1.82) is 0 Å². The fraction of sp³-hybridized carbons (Fsp3) is 0. The van der Waals surface area contributed by atoms with E-state index in [0.717, 1.165) is 10.8 Å². The molecule has 0 saturated carbocycles. The summed E-state index contributed by atoms with van der Waals surface area (Å²) in [7, 11) is 0. The monoisotopic (exact) mass is 212 g/mol. The van der Waals surface area contributed by atoms with E-state index in [2.05, 4.69) is 0 Å². The molecule has 0 aliphatic heterocycles. The van der Waals surface area contributed by atoms with E-state index in [9.17, 15) is 4.79 Å². The molecule has 0 saturated heterocycles. The molecule has 2 rings (SSSR count). The zero-order valence-electron chi connectivity index (χ0n) is 6.90. The van der Waals surface area contributed by atoms with Crippen molar-refractivity contribution < 1.29 is 9.90 Å². The summed E-state index contributed by atoms with van der Waals surface area (Å²) in [5.41, 5.74) is 0.359. The molecule has 0 unspecified atom stereocenters. The first-order valence-electron chi connectivity index (χ1n) is 4.00. The molecule has 0 amide bonds. The molecule has 0 spiro atoms. The molecular weight excluding hydrogens is 203 g/mol. The molecule has 0 radical (unpaired) electrons. The van der Waals surface area contributed by atoms with Gasteiger partial charge >= 0.3 is 57.4 Å². The van der Waals surface area contributed by atoms with Crippen molar-refractivity contribution in [2.75, 3.05) is 0 Å². The van der Waals surface area contributed by atoms with Gasteiger partial charge < -0.3 is 5.11 Å². The Hall–Kier alpha value is -0.194. The first-order chi connectivity index (χ1) is 6.29. The molecule has 0 fully saturated rings. The number of aromatic carboxylic acids is 1. The summed E-state index contributed by atoms with van der Waals surface area (Å²) in [6.07, 6.45) is 0. The zero-order chi connectivity index (χ0) is 9.26. The van der Waals surface area contributed by atoms with Crippen molar-refractivity contribution in [2.24, 2.45) is 0 Å². The van der Waals surface area contributed by atoms with Gasteiger partial charge in [0.1, 0.15) is 0 Å². The summed E-state index contributed by atoms with van der Waals surface area (Å²) >= 11 is 0. The van der Waals surface area contributed by atoms with Gasteiger partial charge in [-0.2, -0.15) is 0 Å². The van der Waals surface area contributed by atoms with Crippen LogP contribution in [0.3, 0.4) is 0 Å². The van der Waals surface area contributed by atoms with E-state index in [1.54, 1.807) is 12.1 Å². The number of hydrogen-bond acceptors (Lipinski definition) is 1. The molecule has 0 aromatic heterocycles. The van der Waals surface area contributed by atoms with Crippen LogP contribution in [-0.4, -0.2) is 62.5 Å². The molecule has 2 aromatic rings. The van der Waals surface area contributed by atoms with Crippen LogP contribution >= 0.6 is 0 Å². The normalized spacial score (nSPS) is 9.43. The summed E-state index contributed by atoms with van der Waals surface area (Å²) in [5, 5.41) is 10.6. The van der Waals surface area contributed by atoms with Gasteiger partial charge in [0.2, 0.25) is 0 Å². The Morgan fingerprint density at radius 3 is 2.36 bits per heavy atom. The van der Waals surface area contributed by atoms with Gasteiger partial charge in [-0.25, -0.2) is 4.79 Å². The molecule has 0 bridgehead atoms. The van der Waals surface area contributed by atoms with Crippen LogP contribution < -0.4 is 0 Å². The molecule has 14 heavy (non-hydrogen) atoms. The first kappa shape index (κ1) is 11.9. The van der Waals surface area contributed by atoms with Crippen LogP contribution in [0.25, 0.3) is 10.8 Å². The minimum atomic E-state index is -0.878. The third-order valence-corrected chi connectivity index (χ3v) is 2.02. The standard InChI is InChI=1S/C11H8O2.K.H/c12-11(13)10-7-3-5-8-4-1-2-6-9(8)10;;/h1-7H,(H,12,13);;. The van der Waals surface area contributed by atoms with Crippen molar-refractivity contribution in [3.05, 3.63) is 48.0 Å². The van der Waals surface area contributed by atoms with Gasteiger partial charge in [0, 0.05) is 0 Å². The van der Waals surface area contributed by atoms with Gasteiger partial charge in [-0.15, -0.1) is 0 Å². The summed E-state index contributed by atoms with van der Waals surface area (Å²) in [6, 6.07) is 12.7. The van der Waals surface area contributed by atoms with Crippen LogP contribution in [0, 0.1) is 0 Å². The molecule has 0 aliphatic rings. The Labute approximate surface area is 124 Å². The number of carbonyl (C=O) groups is 1. The quantitative estimate of drug-likeness (QED) is 0.733. The van der Waals surface area contributed by atoms with Crippen LogP contribution in [0.4, 0.5) is 0 Å².